The molecule has 1 heterocycles. The van der Waals surface area contributed by atoms with Gasteiger partial charge in [0.05, 0.1) is 12.2 Å². The van der Waals surface area contributed by atoms with E-state index in [4.69, 9.17) is 4.42 Å². The van der Waals surface area contributed by atoms with Crippen LogP contribution in [0, 0.1) is 0 Å². The number of carbonyl (C=O) groups is 1. The van der Waals surface area contributed by atoms with Crippen LogP contribution >= 0.6 is 11.8 Å². The van der Waals surface area contributed by atoms with Gasteiger partial charge in [0.1, 0.15) is 0 Å². The Morgan fingerprint density at radius 1 is 0.931 bits per heavy atom. The third-order valence-electron chi connectivity index (χ3n) is 6.19. The minimum Gasteiger partial charge on any atom is -0.416 e. The second-order valence-electron chi connectivity index (χ2n) is 8.30. The van der Waals surface area contributed by atoms with Crippen molar-refractivity contribution in [2.45, 2.75) is 87.9 Å². The predicted octanol–water partition coefficient (Wildman–Crippen LogP) is 5.25. The maximum absolute atomic E-state index is 13.2. The Morgan fingerprint density at radius 2 is 1.55 bits per heavy atom. The van der Waals surface area contributed by atoms with Gasteiger partial charge >= 0.3 is 0 Å². The minimum absolute atomic E-state index is 0.247. The fraction of sp³-hybridized carbons (Fsp3) is 0.609. The van der Waals surface area contributed by atoms with Gasteiger partial charge in [-0.25, -0.2) is 0 Å². The van der Waals surface area contributed by atoms with E-state index in [2.05, 4.69) is 15.1 Å². The molecule has 1 aromatic heterocycles. The van der Waals surface area contributed by atoms with Crippen LogP contribution in [0.5, 0.6) is 0 Å². The van der Waals surface area contributed by atoms with Crippen LogP contribution in [0.1, 0.15) is 75.7 Å². The smallest absolute Gasteiger partial charge is 0.277 e. The predicted molar refractivity (Wildman–Crippen MR) is 115 cm³/mol. The lowest BCUT2D eigenvalue weighted by Gasteiger charge is -2.41. The van der Waals surface area contributed by atoms with Crippen LogP contribution in [0.2, 0.25) is 0 Å². The number of aromatic nitrogens is 2. The largest absolute Gasteiger partial charge is 0.416 e. The van der Waals surface area contributed by atoms with Gasteiger partial charge in [0, 0.05) is 12.1 Å². The third kappa shape index (κ3) is 5.62. The molecule has 2 aromatic rings. The van der Waals surface area contributed by atoms with Crippen LogP contribution in [-0.2, 0) is 11.2 Å². The van der Waals surface area contributed by atoms with Crippen LogP contribution in [0.25, 0.3) is 0 Å². The highest BCUT2D eigenvalue weighted by Crippen LogP contribution is 2.31. The van der Waals surface area contributed by atoms with Gasteiger partial charge in [-0.3, -0.25) is 4.79 Å². The Kier molecular flexibility index (Phi) is 7.25. The monoisotopic (exact) mass is 413 g/mol. The molecular weight excluding hydrogens is 382 g/mol. The molecule has 0 atom stereocenters. The van der Waals surface area contributed by atoms with Gasteiger partial charge in [-0.2, -0.15) is 0 Å². The molecule has 4 rings (SSSR count). The van der Waals surface area contributed by atoms with E-state index in [1.165, 1.54) is 50.3 Å². The lowest BCUT2D eigenvalue weighted by molar-refractivity contribution is -0.135. The summed E-state index contributed by atoms with van der Waals surface area (Å²) < 4.78 is 5.78. The second-order valence-corrected chi connectivity index (χ2v) is 9.22. The van der Waals surface area contributed by atoms with Crippen molar-refractivity contribution in [2.75, 3.05) is 5.75 Å². The first kappa shape index (κ1) is 20.5. The summed E-state index contributed by atoms with van der Waals surface area (Å²) in [6, 6.07) is 11.0. The summed E-state index contributed by atoms with van der Waals surface area (Å²) in [4.78, 5) is 15.5. The fourth-order valence-electron chi connectivity index (χ4n) is 4.76. The van der Waals surface area contributed by atoms with Crippen LogP contribution in [0.3, 0.4) is 0 Å². The van der Waals surface area contributed by atoms with Gasteiger partial charge in [0.15, 0.2) is 0 Å². The molecule has 29 heavy (non-hydrogen) atoms. The van der Waals surface area contributed by atoms with E-state index in [0.29, 0.717) is 35.4 Å². The number of hydrogen-bond acceptors (Lipinski definition) is 5. The quantitative estimate of drug-likeness (QED) is 0.581. The molecule has 0 radical (unpaired) electrons. The van der Waals surface area contributed by atoms with Crippen LogP contribution in [0.4, 0.5) is 0 Å². The number of carbonyl (C=O) groups excluding carboxylic acids is 1. The summed E-state index contributed by atoms with van der Waals surface area (Å²) in [7, 11) is 0. The highest BCUT2D eigenvalue weighted by Gasteiger charge is 2.32. The molecule has 0 aliphatic heterocycles. The number of amides is 1. The van der Waals surface area contributed by atoms with E-state index < -0.39 is 0 Å². The molecule has 6 heteroatoms. The van der Waals surface area contributed by atoms with Crippen LogP contribution in [-0.4, -0.2) is 38.8 Å². The number of thioether (sulfide) groups is 1. The van der Waals surface area contributed by atoms with Crippen molar-refractivity contribution < 1.29 is 9.21 Å². The topological polar surface area (TPSA) is 59.2 Å². The minimum atomic E-state index is 0.247. The van der Waals surface area contributed by atoms with Crippen molar-refractivity contribution in [3.63, 3.8) is 0 Å². The van der Waals surface area contributed by atoms with Crippen molar-refractivity contribution in [3.8, 4) is 0 Å². The van der Waals surface area contributed by atoms with Crippen molar-refractivity contribution in [3.05, 3.63) is 41.8 Å². The molecule has 2 saturated carbocycles. The van der Waals surface area contributed by atoms with Crippen LogP contribution < -0.4 is 0 Å². The standard InChI is InChI=1S/C23H31N3O2S/c27-22(26(19-12-6-2-7-13-19)20-14-8-3-9-15-20)17-29-23-25-24-21(28-23)16-18-10-4-1-5-11-18/h1,4-5,10-11,19-20H,2-3,6-9,12-17H2. The Labute approximate surface area is 177 Å². The van der Waals surface area contributed by atoms with Gasteiger partial charge in [-0.15, -0.1) is 10.2 Å². The van der Waals surface area contributed by atoms with E-state index in [1.807, 2.05) is 30.3 Å². The molecule has 0 unspecified atom stereocenters. The Bertz CT molecular complexity index is 749. The van der Waals surface area contributed by atoms with Gasteiger partial charge < -0.3 is 9.32 Å². The summed E-state index contributed by atoms with van der Waals surface area (Å²) in [5, 5.41) is 8.79. The highest BCUT2D eigenvalue weighted by molar-refractivity contribution is 7.99. The molecular formula is C23H31N3O2S. The zero-order valence-electron chi connectivity index (χ0n) is 17.1. The Hall–Kier alpha value is -1.82. The normalized spacial score (nSPS) is 18.6. The van der Waals surface area contributed by atoms with Crippen molar-refractivity contribution in [2.24, 2.45) is 0 Å². The SMILES string of the molecule is O=C(CSc1nnc(Cc2ccccc2)o1)N(C1CCCCC1)C1CCCCC1. The Balaban J connectivity index is 1.36. The Morgan fingerprint density at radius 3 is 2.17 bits per heavy atom. The van der Waals surface area contributed by atoms with Gasteiger partial charge in [0.2, 0.25) is 11.8 Å². The van der Waals surface area contributed by atoms with E-state index in [-0.39, 0.29) is 5.91 Å². The lowest BCUT2D eigenvalue weighted by Crippen LogP contribution is -2.49. The molecule has 1 aromatic carbocycles. The van der Waals surface area contributed by atoms with Crippen molar-refractivity contribution >= 4 is 17.7 Å². The maximum atomic E-state index is 13.2. The molecule has 5 nitrogen and oxygen atoms in total. The zero-order valence-corrected chi connectivity index (χ0v) is 17.9. The number of nitrogens with zero attached hydrogens (tertiary/aromatic N) is 3. The summed E-state index contributed by atoms with van der Waals surface area (Å²) in [6.07, 6.45) is 12.9. The molecule has 0 saturated heterocycles. The van der Waals surface area contributed by atoms with Crippen molar-refractivity contribution in [1.29, 1.82) is 0 Å². The molecule has 0 spiro atoms. The average molecular weight is 414 g/mol. The number of hydrogen-bond donors (Lipinski definition) is 0. The lowest BCUT2D eigenvalue weighted by atomic mass is 9.88. The summed E-state index contributed by atoms with van der Waals surface area (Å²) in [5.41, 5.74) is 1.14. The summed E-state index contributed by atoms with van der Waals surface area (Å²) >= 11 is 1.38. The summed E-state index contributed by atoms with van der Waals surface area (Å²) in [5.74, 6) is 1.24. The first-order valence-electron chi connectivity index (χ1n) is 11.1. The summed E-state index contributed by atoms with van der Waals surface area (Å²) in [6.45, 7) is 0. The maximum Gasteiger partial charge on any atom is 0.277 e. The molecule has 0 N–H and O–H groups in total. The molecule has 2 fully saturated rings. The first-order chi connectivity index (χ1) is 14.3. The van der Waals surface area contributed by atoms with Gasteiger partial charge in [0.25, 0.3) is 5.22 Å². The van der Waals surface area contributed by atoms with Crippen molar-refractivity contribution in [1.82, 2.24) is 15.1 Å². The van der Waals surface area contributed by atoms with Crippen LogP contribution in [0.15, 0.2) is 40.0 Å². The number of rotatable bonds is 7. The molecule has 156 valence electrons. The molecule has 2 aliphatic carbocycles. The molecule has 2 aliphatic rings. The average Bonchev–Trinajstić information content (AvgIpc) is 3.22. The van der Waals surface area contributed by atoms with E-state index in [0.717, 1.165) is 31.2 Å². The second kappa shape index (κ2) is 10.3. The number of benzene rings is 1. The van der Waals surface area contributed by atoms with E-state index in [1.54, 1.807) is 0 Å². The molecule has 1 amide bonds. The molecule has 0 bridgehead atoms. The fourth-order valence-corrected chi connectivity index (χ4v) is 5.41. The van der Waals surface area contributed by atoms with Gasteiger partial charge in [-0.05, 0) is 31.2 Å². The third-order valence-corrected chi connectivity index (χ3v) is 6.99. The van der Waals surface area contributed by atoms with E-state index >= 15 is 0 Å². The van der Waals surface area contributed by atoms with E-state index in [9.17, 15) is 4.79 Å². The highest BCUT2D eigenvalue weighted by atomic mass is 32.2. The zero-order chi connectivity index (χ0) is 19.9. The first-order valence-corrected chi connectivity index (χ1v) is 12.1. The van der Waals surface area contributed by atoms with Gasteiger partial charge in [-0.1, -0.05) is 80.6 Å².